The van der Waals surface area contributed by atoms with Crippen LogP contribution in [-0.4, -0.2) is 18.2 Å². The number of nitriles is 1. The predicted molar refractivity (Wildman–Crippen MR) is 81.6 cm³/mol. The van der Waals surface area contributed by atoms with Crippen LogP contribution in [0.5, 0.6) is 0 Å². The summed E-state index contributed by atoms with van der Waals surface area (Å²) in [6, 6.07) is 7.78. The molecule has 1 atom stereocenters. The summed E-state index contributed by atoms with van der Waals surface area (Å²) < 4.78 is 0. The first-order valence-electron chi connectivity index (χ1n) is 7.62. The maximum absolute atomic E-state index is 9.93. The SMILES string of the molecule is CCCC1CCN(c2cc(C#N)ccc2C(C)O)CC1. The van der Waals surface area contributed by atoms with Gasteiger partial charge in [-0.3, -0.25) is 0 Å². The minimum Gasteiger partial charge on any atom is -0.389 e. The molecule has 1 aromatic rings. The third-order valence-electron chi connectivity index (χ3n) is 4.26. The minimum absolute atomic E-state index is 0.494. The van der Waals surface area contributed by atoms with Gasteiger partial charge in [-0.2, -0.15) is 5.26 Å². The van der Waals surface area contributed by atoms with Crippen LogP contribution in [-0.2, 0) is 0 Å². The second-order valence-electron chi connectivity index (χ2n) is 5.78. The summed E-state index contributed by atoms with van der Waals surface area (Å²) in [7, 11) is 0. The summed E-state index contributed by atoms with van der Waals surface area (Å²) in [5.74, 6) is 0.838. The van der Waals surface area contributed by atoms with E-state index in [4.69, 9.17) is 5.26 Å². The maximum atomic E-state index is 9.93. The van der Waals surface area contributed by atoms with E-state index in [2.05, 4.69) is 17.9 Å². The van der Waals surface area contributed by atoms with Crippen molar-refractivity contribution in [1.82, 2.24) is 0 Å². The minimum atomic E-state index is -0.494. The van der Waals surface area contributed by atoms with Gasteiger partial charge in [-0.15, -0.1) is 0 Å². The van der Waals surface area contributed by atoms with Gasteiger partial charge in [0.2, 0.25) is 0 Å². The van der Waals surface area contributed by atoms with Gasteiger partial charge in [0.25, 0.3) is 0 Å². The second kappa shape index (κ2) is 6.76. The topological polar surface area (TPSA) is 47.3 Å². The van der Waals surface area contributed by atoms with Crippen LogP contribution in [0.25, 0.3) is 0 Å². The Morgan fingerprint density at radius 2 is 2.10 bits per heavy atom. The van der Waals surface area contributed by atoms with Crippen molar-refractivity contribution in [1.29, 1.82) is 5.26 Å². The Bertz CT molecular complexity index is 482. The molecule has 0 aliphatic carbocycles. The van der Waals surface area contributed by atoms with Crippen molar-refractivity contribution >= 4 is 5.69 Å². The molecule has 1 aliphatic rings. The van der Waals surface area contributed by atoms with Gasteiger partial charge in [0.15, 0.2) is 0 Å². The van der Waals surface area contributed by atoms with E-state index in [0.29, 0.717) is 5.56 Å². The normalized spacial score (nSPS) is 17.8. The number of anilines is 1. The Kier molecular flexibility index (Phi) is 5.03. The summed E-state index contributed by atoms with van der Waals surface area (Å²) in [5, 5.41) is 19.0. The van der Waals surface area contributed by atoms with Gasteiger partial charge in [0, 0.05) is 24.3 Å². The third-order valence-corrected chi connectivity index (χ3v) is 4.26. The van der Waals surface area contributed by atoms with E-state index in [1.165, 1.54) is 25.7 Å². The number of nitrogens with zero attached hydrogens (tertiary/aromatic N) is 2. The van der Waals surface area contributed by atoms with Gasteiger partial charge in [-0.1, -0.05) is 25.8 Å². The average Bonchev–Trinajstić information content (AvgIpc) is 2.47. The molecule has 3 heteroatoms. The zero-order valence-corrected chi connectivity index (χ0v) is 12.5. The molecule has 20 heavy (non-hydrogen) atoms. The van der Waals surface area contributed by atoms with Crippen LogP contribution in [0.1, 0.15) is 56.8 Å². The Morgan fingerprint density at radius 3 is 2.65 bits per heavy atom. The van der Waals surface area contributed by atoms with Crippen molar-refractivity contribution in [3.05, 3.63) is 29.3 Å². The van der Waals surface area contributed by atoms with Gasteiger partial charge in [-0.05, 0) is 37.8 Å². The number of hydrogen-bond donors (Lipinski definition) is 1. The quantitative estimate of drug-likeness (QED) is 0.910. The molecule has 0 saturated carbocycles. The van der Waals surface area contributed by atoms with E-state index in [-0.39, 0.29) is 0 Å². The number of rotatable bonds is 4. The van der Waals surface area contributed by atoms with Crippen LogP contribution >= 0.6 is 0 Å². The summed E-state index contributed by atoms with van der Waals surface area (Å²) in [5.41, 5.74) is 2.63. The summed E-state index contributed by atoms with van der Waals surface area (Å²) in [6.07, 6.45) is 4.50. The predicted octanol–water partition coefficient (Wildman–Crippen LogP) is 3.63. The highest BCUT2D eigenvalue weighted by Gasteiger charge is 2.21. The number of aliphatic hydroxyl groups is 1. The molecule has 0 amide bonds. The first-order chi connectivity index (χ1) is 9.65. The van der Waals surface area contributed by atoms with Gasteiger partial charge >= 0.3 is 0 Å². The fourth-order valence-electron chi connectivity index (χ4n) is 3.11. The molecule has 0 spiro atoms. The van der Waals surface area contributed by atoms with Crippen LogP contribution in [0.3, 0.4) is 0 Å². The molecular formula is C17H24N2O. The molecule has 0 bridgehead atoms. The monoisotopic (exact) mass is 272 g/mol. The lowest BCUT2D eigenvalue weighted by Crippen LogP contribution is -2.34. The zero-order chi connectivity index (χ0) is 14.5. The number of aliphatic hydroxyl groups excluding tert-OH is 1. The van der Waals surface area contributed by atoms with Gasteiger partial charge in [0.1, 0.15) is 0 Å². The molecule has 1 aliphatic heterocycles. The van der Waals surface area contributed by atoms with Crippen LogP contribution in [0.4, 0.5) is 5.69 Å². The van der Waals surface area contributed by atoms with E-state index in [0.717, 1.165) is 30.3 Å². The van der Waals surface area contributed by atoms with E-state index in [1.54, 1.807) is 13.0 Å². The standard InChI is InChI=1S/C17H24N2O/c1-3-4-14-7-9-19(10-8-14)17-11-15(12-18)5-6-16(17)13(2)20/h5-6,11,13-14,20H,3-4,7-10H2,1-2H3. The van der Waals surface area contributed by atoms with E-state index >= 15 is 0 Å². The van der Waals surface area contributed by atoms with Gasteiger partial charge in [-0.25, -0.2) is 0 Å². The Balaban J connectivity index is 2.18. The molecule has 1 aromatic carbocycles. The van der Waals surface area contributed by atoms with Crippen molar-refractivity contribution in [2.45, 2.75) is 45.6 Å². The van der Waals surface area contributed by atoms with Crippen LogP contribution in [0.15, 0.2) is 18.2 Å². The highest BCUT2D eigenvalue weighted by Crippen LogP contribution is 2.32. The van der Waals surface area contributed by atoms with Crippen LogP contribution < -0.4 is 4.90 Å². The second-order valence-corrected chi connectivity index (χ2v) is 5.78. The molecule has 1 saturated heterocycles. The molecule has 0 radical (unpaired) electrons. The Labute approximate surface area is 121 Å². The molecular weight excluding hydrogens is 248 g/mol. The van der Waals surface area contributed by atoms with Gasteiger partial charge < -0.3 is 10.0 Å². The summed E-state index contributed by atoms with van der Waals surface area (Å²) in [4.78, 5) is 2.33. The zero-order valence-electron chi connectivity index (χ0n) is 12.5. The van der Waals surface area contributed by atoms with Crippen molar-refractivity contribution in [2.75, 3.05) is 18.0 Å². The smallest absolute Gasteiger partial charge is 0.0992 e. The number of benzene rings is 1. The summed E-state index contributed by atoms with van der Waals surface area (Å²) in [6.45, 7) is 6.08. The molecule has 108 valence electrons. The maximum Gasteiger partial charge on any atom is 0.0992 e. The van der Waals surface area contributed by atoms with Crippen molar-refractivity contribution < 1.29 is 5.11 Å². The fourth-order valence-corrected chi connectivity index (χ4v) is 3.11. The lowest BCUT2D eigenvalue weighted by molar-refractivity contribution is 0.199. The molecule has 1 N–H and O–H groups in total. The van der Waals surface area contributed by atoms with E-state index in [1.807, 2.05) is 12.1 Å². The first kappa shape index (κ1) is 14.9. The van der Waals surface area contributed by atoms with Crippen LogP contribution in [0, 0.1) is 17.2 Å². The molecule has 1 heterocycles. The number of hydrogen-bond acceptors (Lipinski definition) is 3. The molecule has 1 fully saturated rings. The van der Waals surface area contributed by atoms with E-state index in [9.17, 15) is 5.11 Å². The highest BCUT2D eigenvalue weighted by atomic mass is 16.3. The van der Waals surface area contributed by atoms with Crippen LogP contribution in [0.2, 0.25) is 0 Å². The van der Waals surface area contributed by atoms with Gasteiger partial charge in [0.05, 0.1) is 17.7 Å². The molecule has 1 unspecified atom stereocenters. The van der Waals surface area contributed by atoms with Crippen molar-refractivity contribution in [2.24, 2.45) is 5.92 Å². The highest BCUT2D eigenvalue weighted by molar-refractivity contribution is 5.58. The first-order valence-corrected chi connectivity index (χ1v) is 7.62. The Hall–Kier alpha value is -1.53. The van der Waals surface area contributed by atoms with Crippen molar-refractivity contribution in [3.8, 4) is 6.07 Å². The Morgan fingerprint density at radius 1 is 1.40 bits per heavy atom. The third kappa shape index (κ3) is 3.32. The molecule has 0 aromatic heterocycles. The van der Waals surface area contributed by atoms with E-state index < -0.39 is 6.10 Å². The lowest BCUT2D eigenvalue weighted by atomic mass is 9.91. The fraction of sp³-hybridized carbons (Fsp3) is 0.588. The average molecular weight is 272 g/mol. The van der Waals surface area contributed by atoms with Crippen molar-refractivity contribution in [3.63, 3.8) is 0 Å². The number of piperidine rings is 1. The molecule has 3 nitrogen and oxygen atoms in total. The summed E-state index contributed by atoms with van der Waals surface area (Å²) >= 11 is 0. The lowest BCUT2D eigenvalue weighted by Gasteiger charge is -2.35. The largest absolute Gasteiger partial charge is 0.389 e. The molecule has 2 rings (SSSR count).